The molecule has 0 bridgehead atoms. The highest BCUT2D eigenvalue weighted by atomic mass is 16.5. The van der Waals surface area contributed by atoms with Gasteiger partial charge in [0.25, 0.3) is 5.91 Å². The number of anilines is 1. The number of hydrogen-bond acceptors (Lipinski definition) is 9. The number of aryl methyl sites for hydroxylation is 1. The fourth-order valence-electron chi connectivity index (χ4n) is 4.96. The summed E-state index contributed by atoms with van der Waals surface area (Å²) in [6.45, 7) is 3.48. The van der Waals surface area contributed by atoms with Crippen molar-refractivity contribution >= 4 is 41.7 Å². The molecule has 0 aliphatic carbocycles. The maximum absolute atomic E-state index is 12.8. The molecule has 0 spiro atoms. The first-order valence-electron chi connectivity index (χ1n) is 15.4. The Bertz CT molecular complexity index is 1240. The van der Waals surface area contributed by atoms with E-state index in [1.807, 2.05) is 6.07 Å². The highest BCUT2D eigenvalue weighted by Crippen LogP contribution is 2.25. The van der Waals surface area contributed by atoms with E-state index >= 15 is 0 Å². The van der Waals surface area contributed by atoms with Gasteiger partial charge >= 0.3 is 5.97 Å². The average molecular weight is 647 g/mol. The number of carbonyl (C=O) groups is 6. The van der Waals surface area contributed by atoms with E-state index in [2.05, 4.69) is 16.0 Å². The molecule has 4 unspecified atom stereocenters. The van der Waals surface area contributed by atoms with E-state index < -0.39 is 48.0 Å². The smallest absolute Gasteiger partial charge is 0.332 e. The van der Waals surface area contributed by atoms with Crippen molar-refractivity contribution in [3.05, 3.63) is 41.5 Å². The number of imide groups is 1. The predicted molar refractivity (Wildman–Crippen MR) is 167 cm³/mol. The third-order valence-corrected chi connectivity index (χ3v) is 7.40. The number of aliphatic carboxylic acids is 1. The molecule has 4 atom stereocenters. The Morgan fingerprint density at radius 1 is 1.11 bits per heavy atom. The third-order valence-electron chi connectivity index (χ3n) is 7.40. The van der Waals surface area contributed by atoms with Crippen LogP contribution < -0.4 is 16.0 Å². The molecule has 14 heteroatoms. The van der Waals surface area contributed by atoms with Gasteiger partial charge < -0.3 is 35.6 Å². The number of nitrogens with zero attached hydrogens (tertiary/aromatic N) is 1. The maximum atomic E-state index is 12.8. The lowest BCUT2D eigenvalue weighted by atomic mass is 9.94. The molecule has 2 rings (SSSR count). The van der Waals surface area contributed by atoms with Crippen molar-refractivity contribution in [2.24, 2.45) is 0 Å². The van der Waals surface area contributed by atoms with Crippen LogP contribution in [0.5, 0.6) is 0 Å². The first-order valence-corrected chi connectivity index (χ1v) is 15.4. The second kappa shape index (κ2) is 20.1. The molecule has 254 valence electrons. The van der Waals surface area contributed by atoms with E-state index in [0.29, 0.717) is 57.2 Å². The molecule has 1 aliphatic heterocycles. The Kier molecular flexibility index (Phi) is 16.6. The van der Waals surface area contributed by atoms with Gasteiger partial charge in [-0.1, -0.05) is 18.6 Å². The van der Waals surface area contributed by atoms with Gasteiger partial charge in [0.2, 0.25) is 24.1 Å². The molecule has 1 fully saturated rings. The van der Waals surface area contributed by atoms with Crippen molar-refractivity contribution in [1.82, 2.24) is 15.5 Å². The summed E-state index contributed by atoms with van der Waals surface area (Å²) in [6.07, 6.45) is 4.27. The number of hydrogen-bond donors (Lipinski definition) is 5. The van der Waals surface area contributed by atoms with Crippen LogP contribution in [0.25, 0.3) is 0 Å². The first kappa shape index (κ1) is 38.0. The minimum absolute atomic E-state index is 0.0509. The summed E-state index contributed by atoms with van der Waals surface area (Å²) in [4.78, 5) is 72.4. The van der Waals surface area contributed by atoms with Crippen LogP contribution in [-0.2, 0) is 51.3 Å². The molecule has 14 nitrogen and oxygen atoms in total. The number of unbranched alkanes of at least 4 members (excludes halogenated alkanes) is 2. The van der Waals surface area contributed by atoms with Gasteiger partial charge in [-0.2, -0.15) is 0 Å². The third kappa shape index (κ3) is 13.5. The van der Waals surface area contributed by atoms with Crippen molar-refractivity contribution in [3.8, 4) is 0 Å². The van der Waals surface area contributed by atoms with E-state index in [1.165, 1.54) is 13.0 Å². The molecule has 5 amide bonds. The number of aliphatic hydroxyl groups excluding tert-OH is 1. The van der Waals surface area contributed by atoms with Crippen LogP contribution in [0.3, 0.4) is 0 Å². The SMILES string of the molecule is C/C=C\C(=O)N(C=O)CCCCCC(=O)NCC(=O)NC(C)C(=O)Nc1ccc(COC)c(CCC2CC(O)CC(C(=O)O)O2)c1. The number of rotatable bonds is 19. The number of ether oxygens (including phenoxy) is 2. The number of allylic oxidation sites excluding steroid dienone is 1. The standard InChI is InChI=1S/C32H46N4O10/c1-4-8-30(41)36(20-37)14-7-5-6-9-28(39)33-18-29(40)34-21(2)31(42)35-24-12-10-23(19-45-3)22(15-24)11-13-26-16-25(38)17-27(46-26)32(43)44/h4,8,10,12,15,20-21,25-27,38H,5-7,9,11,13-14,16-19H2,1-3H3,(H,33,39)(H,34,40)(H,35,42)(H,43,44)/b8-4-. The number of benzene rings is 1. The van der Waals surface area contributed by atoms with Gasteiger partial charge in [0, 0.05) is 32.2 Å². The maximum Gasteiger partial charge on any atom is 0.332 e. The minimum atomic E-state index is -1.11. The summed E-state index contributed by atoms with van der Waals surface area (Å²) in [5.74, 6) is -2.84. The van der Waals surface area contributed by atoms with Crippen LogP contribution in [0.4, 0.5) is 5.69 Å². The van der Waals surface area contributed by atoms with Crippen molar-refractivity contribution in [1.29, 1.82) is 0 Å². The van der Waals surface area contributed by atoms with Crippen molar-refractivity contribution in [2.75, 3.05) is 25.5 Å². The lowest BCUT2D eigenvalue weighted by Crippen LogP contribution is -2.45. The predicted octanol–water partition coefficient (Wildman–Crippen LogP) is 1.44. The van der Waals surface area contributed by atoms with Gasteiger partial charge in [0.05, 0.1) is 25.4 Å². The van der Waals surface area contributed by atoms with Crippen molar-refractivity contribution in [2.45, 2.75) is 96.2 Å². The van der Waals surface area contributed by atoms with Gasteiger partial charge in [-0.05, 0) is 75.3 Å². The highest BCUT2D eigenvalue weighted by molar-refractivity contribution is 5.97. The van der Waals surface area contributed by atoms with Crippen LogP contribution >= 0.6 is 0 Å². The molecule has 1 heterocycles. The summed E-state index contributed by atoms with van der Waals surface area (Å²) >= 11 is 0. The summed E-state index contributed by atoms with van der Waals surface area (Å²) < 4.78 is 10.9. The fraction of sp³-hybridized carbons (Fsp3) is 0.562. The Morgan fingerprint density at radius 2 is 1.87 bits per heavy atom. The van der Waals surface area contributed by atoms with Gasteiger partial charge in [-0.15, -0.1) is 0 Å². The zero-order valence-corrected chi connectivity index (χ0v) is 26.7. The van der Waals surface area contributed by atoms with E-state index in [4.69, 9.17) is 9.47 Å². The summed E-state index contributed by atoms with van der Waals surface area (Å²) in [6, 6.07) is 4.40. The molecule has 1 aromatic rings. The van der Waals surface area contributed by atoms with Crippen LogP contribution in [0.15, 0.2) is 30.4 Å². The molecule has 1 aliphatic rings. The van der Waals surface area contributed by atoms with E-state index in [9.17, 15) is 39.0 Å². The highest BCUT2D eigenvalue weighted by Gasteiger charge is 2.32. The van der Waals surface area contributed by atoms with Gasteiger partial charge in [0.15, 0.2) is 6.10 Å². The van der Waals surface area contributed by atoms with Gasteiger partial charge in [-0.25, -0.2) is 4.79 Å². The molecule has 0 aromatic heterocycles. The fourth-order valence-corrected chi connectivity index (χ4v) is 4.96. The number of carboxylic acids is 1. The number of methoxy groups -OCH3 is 1. The lowest BCUT2D eigenvalue weighted by Gasteiger charge is -2.31. The summed E-state index contributed by atoms with van der Waals surface area (Å²) in [7, 11) is 1.56. The van der Waals surface area contributed by atoms with Crippen molar-refractivity contribution in [3.63, 3.8) is 0 Å². The molecule has 46 heavy (non-hydrogen) atoms. The Labute approximate surface area is 268 Å². The van der Waals surface area contributed by atoms with E-state index in [-0.39, 0.29) is 31.8 Å². The van der Waals surface area contributed by atoms with Crippen molar-refractivity contribution < 1.29 is 48.5 Å². The molecular weight excluding hydrogens is 600 g/mol. The van der Waals surface area contributed by atoms with Crippen LogP contribution in [0, 0.1) is 0 Å². The molecule has 0 saturated carbocycles. The van der Waals surface area contributed by atoms with Gasteiger partial charge in [0.1, 0.15) is 6.04 Å². The van der Waals surface area contributed by atoms with E-state index in [1.54, 1.807) is 32.2 Å². The Balaban J connectivity index is 1.79. The number of nitrogens with one attached hydrogen (secondary N) is 3. The minimum Gasteiger partial charge on any atom is -0.479 e. The Morgan fingerprint density at radius 3 is 2.54 bits per heavy atom. The number of carboxylic acid groups (broad SMARTS) is 1. The molecule has 1 saturated heterocycles. The summed E-state index contributed by atoms with van der Waals surface area (Å²) in [5.41, 5.74) is 2.23. The lowest BCUT2D eigenvalue weighted by molar-refractivity contribution is -0.166. The Hall–Kier alpha value is -4.14. The average Bonchev–Trinajstić information content (AvgIpc) is 3.01. The topological polar surface area (TPSA) is 201 Å². The molecular formula is C32H46N4O10. The summed E-state index contributed by atoms with van der Waals surface area (Å²) in [5, 5.41) is 27.2. The largest absolute Gasteiger partial charge is 0.479 e. The second-order valence-electron chi connectivity index (χ2n) is 11.2. The van der Waals surface area contributed by atoms with E-state index in [0.717, 1.165) is 16.0 Å². The zero-order valence-electron chi connectivity index (χ0n) is 26.7. The van der Waals surface area contributed by atoms with Crippen LogP contribution in [0.1, 0.15) is 69.9 Å². The number of carbonyl (C=O) groups excluding carboxylic acids is 5. The molecule has 0 radical (unpaired) electrons. The quantitative estimate of drug-likeness (QED) is 0.0832. The normalized spacial score (nSPS) is 18.4. The van der Waals surface area contributed by atoms with Crippen LogP contribution in [-0.4, -0.2) is 95.7 Å². The number of amides is 5. The second-order valence-corrected chi connectivity index (χ2v) is 11.2. The molecule has 5 N–H and O–H groups in total. The van der Waals surface area contributed by atoms with Gasteiger partial charge in [-0.3, -0.25) is 28.9 Å². The number of aliphatic hydroxyl groups is 1. The first-order chi connectivity index (χ1) is 22.0. The van der Waals surface area contributed by atoms with Crippen LogP contribution in [0.2, 0.25) is 0 Å². The monoisotopic (exact) mass is 646 g/mol. The zero-order chi connectivity index (χ0) is 34.1. The molecule has 1 aromatic carbocycles.